The summed E-state index contributed by atoms with van der Waals surface area (Å²) in [4.78, 5) is 1.46. The normalized spacial score (nSPS) is 16.2. The molecule has 0 unspecified atom stereocenters. The van der Waals surface area contributed by atoms with Gasteiger partial charge in [-0.1, -0.05) is 27.5 Å². The largest absolute Gasteiger partial charge is 0.573 e. The van der Waals surface area contributed by atoms with E-state index in [1.165, 1.54) is 6.07 Å². The van der Waals surface area contributed by atoms with Crippen molar-refractivity contribution in [3.63, 3.8) is 0 Å². The van der Waals surface area contributed by atoms with Crippen molar-refractivity contribution < 1.29 is 26.3 Å². The summed E-state index contributed by atoms with van der Waals surface area (Å²) in [5, 5.41) is 0.595. The van der Waals surface area contributed by atoms with Crippen LogP contribution in [0.3, 0.4) is 0 Å². The van der Waals surface area contributed by atoms with Crippen LogP contribution in [0.15, 0.2) is 51.8 Å². The average Bonchev–Trinajstić information content (AvgIpc) is 2.61. The van der Waals surface area contributed by atoms with E-state index < -0.39 is 27.0 Å². The van der Waals surface area contributed by atoms with Gasteiger partial charge in [-0.15, -0.1) is 13.2 Å². The van der Waals surface area contributed by atoms with Gasteiger partial charge in [0.1, 0.15) is 4.90 Å². The summed E-state index contributed by atoms with van der Waals surface area (Å²) >= 11 is 8.91. The Hall–Kier alpha value is -1.49. The van der Waals surface area contributed by atoms with Crippen molar-refractivity contribution in [1.82, 2.24) is 4.31 Å². The molecule has 0 radical (unpaired) electrons. The van der Waals surface area contributed by atoms with E-state index in [0.29, 0.717) is 18.1 Å². The Morgan fingerprint density at radius 3 is 2.18 bits per heavy atom. The lowest BCUT2D eigenvalue weighted by molar-refractivity contribution is -0.275. The maximum absolute atomic E-state index is 12.9. The lowest BCUT2D eigenvalue weighted by Gasteiger charge is -2.35. The van der Waals surface area contributed by atoms with Crippen LogP contribution in [0, 0.1) is 0 Å². The first kappa shape index (κ1) is 21.2. The molecule has 0 spiro atoms. The molecule has 152 valence electrons. The Bertz CT molecular complexity index is 947. The van der Waals surface area contributed by atoms with Gasteiger partial charge in [-0.3, -0.25) is 0 Å². The zero-order chi connectivity index (χ0) is 20.5. The molecule has 0 bridgehead atoms. The summed E-state index contributed by atoms with van der Waals surface area (Å²) in [6, 6.07) is 10.6. The van der Waals surface area contributed by atoms with Gasteiger partial charge >= 0.3 is 6.36 Å². The maximum Gasteiger partial charge on any atom is 0.573 e. The smallest absolute Gasteiger partial charge is 0.404 e. The van der Waals surface area contributed by atoms with Gasteiger partial charge in [-0.25, -0.2) is 8.42 Å². The molecule has 0 aromatic heterocycles. The molecule has 0 atom stereocenters. The lowest BCUT2D eigenvalue weighted by Crippen LogP contribution is -2.48. The Morgan fingerprint density at radius 1 is 1.00 bits per heavy atom. The van der Waals surface area contributed by atoms with Crippen molar-refractivity contribution in [2.75, 3.05) is 31.1 Å². The molecule has 1 fully saturated rings. The van der Waals surface area contributed by atoms with Crippen molar-refractivity contribution in [1.29, 1.82) is 0 Å². The zero-order valence-corrected chi connectivity index (χ0v) is 17.4. The van der Waals surface area contributed by atoms with Crippen molar-refractivity contribution in [3.05, 3.63) is 52.0 Å². The SMILES string of the molecule is O=S(=O)(c1ccc(Br)cc1OC(F)(F)F)N1CCN(c2ccc(Cl)cc2)CC1. The van der Waals surface area contributed by atoms with Crippen LogP contribution in [0.5, 0.6) is 5.75 Å². The topological polar surface area (TPSA) is 49.9 Å². The van der Waals surface area contributed by atoms with Gasteiger partial charge in [-0.2, -0.15) is 4.31 Å². The number of alkyl halides is 3. The second-order valence-electron chi connectivity index (χ2n) is 6.01. The highest BCUT2D eigenvalue weighted by molar-refractivity contribution is 9.10. The van der Waals surface area contributed by atoms with Gasteiger partial charge in [0.25, 0.3) is 0 Å². The molecular weight excluding hydrogens is 485 g/mol. The van der Waals surface area contributed by atoms with Gasteiger partial charge in [0.15, 0.2) is 5.75 Å². The van der Waals surface area contributed by atoms with Crippen LogP contribution in [0.2, 0.25) is 5.02 Å². The number of benzene rings is 2. The minimum absolute atomic E-state index is 0.131. The Morgan fingerprint density at radius 2 is 1.61 bits per heavy atom. The van der Waals surface area contributed by atoms with E-state index in [2.05, 4.69) is 20.7 Å². The van der Waals surface area contributed by atoms with Crippen LogP contribution in [-0.2, 0) is 10.0 Å². The third kappa shape index (κ3) is 4.91. The second kappa shape index (κ2) is 8.10. The summed E-state index contributed by atoms with van der Waals surface area (Å²) in [6.45, 7) is 1.05. The first-order valence-corrected chi connectivity index (χ1v) is 10.7. The summed E-state index contributed by atoms with van der Waals surface area (Å²) in [5.41, 5.74) is 0.895. The van der Waals surface area contributed by atoms with Crippen molar-refractivity contribution in [2.24, 2.45) is 0 Å². The predicted molar refractivity (Wildman–Crippen MR) is 103 cm³/mol. The zero-order valence-electron chi connectivity index (χ0n) is 14.3. The van der Waals surface area contributed by atoms with E-state index in [1.54, 1.807) is 12.1 Å². The van der Waals surface area contributed by atoms with Gasteiger partial charge in [0.05, 0.1) is 0 Å². The molecular formula is C17H15BrClF3N2O3S. The molecule has 2 aromatic carbocycles. The number of piperazine rings is 1. The number of hydrogen-bond donors (Lipinski definition) is 0. The first-order chi connectivity index (χ1) is 13.1. The fraction of sp³-hybridized carbons (Fsp3) is 0.294. The third-order valence-corrected chi connectivity index (χ3v) is 6.86. The molecule has 0 aliphatic carbocycles. The minimum atomic E-state index is -5.00. The number of nitrogens with zero attached hydrogens (tertiary/aromatic N) is 2. The predicted octanol–water partition coefficient (Wildman–Crippen LogP) is 4.51. The number of hydrogen-bond acceptors (Lipinski definition) is 4. The highest BCUT2D eigenvalue weighted by Crippen LogP contribution is 2.34. The van der Waals surface area contributed by atoms with E-state index in [9.17, 15) is 21.6 Å². The van der Waals surface area contributed by atoms with Crippen LogP contribution in [0.1, 0.15) is 0 Å². The van der Waals surface area contributed by atoms with Crippen LogP contribution >= 0.6 is 27.5 Å². The summed E-state index contributed by atoms with van der Waals surface area (Å²) in [5.74, 6) is -0.762. The molecule has 1 aliphatic heterocycles. The van der Waals surface area contributed by atoms with Crippen LogP contribution in [0.25, 0.3) is 0 Å². The highest BCUT2D eigenvalue weighted by Gasteiger charge is 2.36. The Labute approximate surface area is 173 Å². The van der Waals surface area contributed by atoms with E-state index in [1.807, 2.05) is 17.0 Å². The number of halogens is 5. The first-order valence-electron chi connectivity index (χ1n) is 8.12. The maximum atomic E-state index is 12.9. The van der Waals surface area contributed by atoms with Crippen LogP contribution < -0.4 is 9.64 Å². The number of sulfonamides is 1. The molecule has 0 amide bonds. The standard InChI is InChI=1S/C17H15BrClF3N2O3S/c18-12-1-6-16(15(11-12)27-17(20,21)22)28(25,26)24-9-7-23(8-10-24)14-4-2-13(19)3-5-14/h1-6,11H,7-10H2. The molecule has 11 heteroatoms. The summed E-state index contributed by atoms with van der Waals surface area (Å²) in [6.07, 6.45) is -5.00. The quantitative estimate of drug-likeness (QED) is 0.621. The van der Waals surface area contributed by atoms with Crippen molar-refractivity contribution in [3.8, 4) is 5.75 Å². The molecule has 0 saturated carbocycles. The van der Waals surface area contributed by atoms with E-state index in [4.69, 9.17) is 11.6 Å². The molecule has 2 aromatic rings. The number of anilines is 1. The van der Waals surface area contributed by atoms with Gasteiger partial charge < -0.3 is 9.64 Å². The minimum Gasteiger partial charge on any atom is -0.404 e. The molecule has 1 aliphatic rings. The molecule has 1 saturated heterocycles. The van der Waals surface area contributed by atoms with Crippen LogP contribution in [0.4, 0.5) is 18.9 Å². The summed E-state index contributed by atoms with van der Waals surface area (Å²) in [7, 11) is -4.15. The number of rotatable bonds is 4. The van der Waals surface area contributed by atoms with Crippen molar-refractivity contribution in [2.45, 2.75) is 11.3 Å². The third-order valence-electron chi connectivity index (χ3n) is 4.18. The molecule has 1 heterocycles. The van der Waals surface area contributed by atoms with Gasteiger partial charge in [0.2, 0.25) is 10.0 Å². The molecule has 5 nitrogen and oxygen atoms in total. The second-order valence-corrected chi connectivity index (χ2v) is 9.26. The van der Waals surface area contributed by atoms with E-state index in [-0.39, 0.29) is 17.6 Å². The summed E-state index contributed by atoms with van der Waals surface area (Å²) < 4.78 is 69.3. The monoisotopic (exact) mass is 498 g/mol. The van der Waals surface area contributed by atoms with Gasteiger partial charge in [-0.05, 0) is 42.5 Å². The average molecular weight is 500 g/mol. The Balaban J connectivity index is 1.80. The van der Waals surface area contributed by atoms with E-state index >= 15 is 0 Å². The van der Waals surface area contributed by atoms with E-state index in [0.717, 1.165) is 22.1 Å². The molecule has 28 heavy (non-hydrogen) atoms. The molecule has 0 N–H and O–H groups in total. The van der Waals surface area contributed by atoms with Crippen molar-refractivity contribution >= 4 is 43.2 Å². The number of ether oxygens (including phenoxy) is 1. The van der Waals surface area contributed by atoms with Crippen LogP contribution in [-0.4, -0.2) is 45.3 Å². The molecule has 3 rings (SSSR count). The highest BCUT2D eigenvalue weighted by atomic mass is 79.9. The van der Waals surface area contributed by atoms with Gasteiger partial charge in [0, 0.05) is 41.4 Å². The lowest BCUT2D eigenvalue weighted by atomic mass is 10.2. The fourth-order valence-electron chi connectivity index (χ4n) is 2.88. The Kier molecular flexibility index (Phi) is 6.14. The fourth-order valence-corrected chi connectivity index (χ4v) is 4.86.